The van der Waals surface area contributed by atoms with Gasteiger partial charge in [-0.2, -0.15) is 0 Å². The molecule has 0 saturated carbocycles. The lowest BCUT2D eigenvalue weighted by Gasteiger charge is -2.13. The van der Waals surface area contributed by atoms with Crippen molar-refractivity contribution in [2.24, 2.45) is 10.9 Å². The zero-order valence-electron chi connectivity index (χ0n) is 13.1. The van der Waals surface area contributed by atoms with E-state index in [0.717, 1.165) is 31.2 Å². The van der Waals surface area contributed by atoms with Crippen LogP contribution < -0.4 is 15.4 Å². The standard InChI is InChI=1S/C16H27N3O/c1-13(2)9-10-18-16(17-4)19-11-12-20-15-7-5-14(3)6-8-15/h5-8,13H,9-12H2,1-4H3,(H2,17,18,19). The van der Waals surface area contributed by atoms with Gasteiger partial charge in [-0.15, -0.1) is 0 Å². The molecule has 0 atom stereocenters. The molecule has 0 heterocycles. The molecule has 20 heavy (non-hydrogen) atoms. The number of hydrogen-bond donors (Lipinski definition) is 2. The number of aryl methyl sites for hydroxylation is 1. The van der Waals surface area contributed by atoms with Crippen molar-refractivity contribution in [3.8, 4) is 5.75 Å². The molecule has 1 aromatic rings. The van der Waals surface area contributed by atoms with E-state index >= 15 is 0 Å². The van der Waals surface area contributed by atoms with E-state index < -0.39 is 0 Å². The molecule has 0 unspecified atom stereocenters. The number of aliphatic imine (C=N–C) groups is 1. The van der Waals surface area contributed by atoms with E-state index in [9.17, 15) is 0 Å². The van der Waals surface area contributed by atoms with Crippen molar-refractivity contribution in [2.75, 3.05) is 26.7 Å². The predicted molar refractivity (Wildman–Crippen MR) is 85.5 cm³/mol. The highest BCUT2D eigenvalue weighted by molar-refractivity contribution is 5.79. The van der Waals surface area contributed by atoms with Gasteiger partial charge in [0.05, 0.1) is 6.54 Å². The van der Waals surface area contributed by atoms with Gasteiger partial charge in [0.1, 0.15) is 12.4 Å². The number of guanidine groups is 1. The van der Waals surface area contributed by atoms with Crippen LogP contribution in [-0.4, -0.2) is 32.7 Å². The average Bonchev–Trinajstić information content (AvgIpc) is 2.43. The summed E-state index contributed by atoms with van der Waals surface area (Å²) in [7, 11) is 1.78. The Labute approximate surface area is 122 Å². The highest BCUT2D eigenvalue weighted by Crippen LogP contribution is 2.10. The molecule has 0 bridgehead atoms. The van der Waals surface area contributed by atoms with Crippen LogP contribution in [0, 0.1) is 12.8 Å². The first-order chi connectivity index (χ1) is 9.61. The Morgan fingerprint density at radius 3 is 2.40 bits per heavy atom. The topological polar surface area (TPSA) is 45.7 Å². The summed E-state index contributed by atoms with van der Waals surface area (Å²) in [6.07, 6.45) is 1.14. The van der Waals surface area contributed by atoms with Gasteiger partial charge in [-0.05, 0) is 31.4 Å². The highest BCUT2D eigenvalue weighted by Gasteiger charge is 1.99. The predicted octanol–water partition coefficient (Wildman–Crippen LogP) is 2.58. The lowest BCUT2D eigenvalue weighted by molar-refractivity contribution is 0.322. The summed E-state index contributed by atoms with van der Waals surface area (Å²) >= 11 is 0. The Balaban J connectivity index is 2.17. The van der Waals surface area contributed by atoms with E-state index in [0.29, 0.717) is 12.5 Å². The largest absolute Gasteiger partial charge is 0.492 e. The maximum atomic E-state index is 5.65. The second kappa shape index (κ2) is 9.23. The van der Waals surface area contributed by atoms with Gasteiger partial charge in [0.25, 0.3) is 0 Å². The summed E-state index contributed by atoms with van der Waals surface area (Å²) in [6, 6.07) is 8.08. The summed E-state index contributed by atoms with van der Waals surface area (Å²) in [5.41, 5.74) is 1.24. The first-order valence-electron chi connectivity index (χ1n) is 7.26. The van der Waals surface area contributed by atoms with Crippen LogP contribution in [0.3, 0.4) is 0 Å². The van der Waals surface area contributed by atoms with Gasteiger partial charge in [0, 0.05) is 13.6 Å². The van der Waals surface area contributed by atoms with E-state index in [-0.39, 0.29) is 0 Å². The first-order valence-corrected chi connectivity index (χ1v) is 7.26. The van der Waals surface area contributed by atoms with Gasteiger partial charge >= 0.3 is 0 Å². The molecule has 4 nitrogen and oxygen atoms in total. The summed E-state index contributed by atoms with van der Waals surface area (Å²) < 4.78 is 5.65. The molecule has 0 aliphatic rings. The monoisotopic (exact) mass is 277 g/mol. The molecular formula is C16H27N3O. The maximum Gasteiger partial charge on any atom is 0.191 e. The number of hydrogen-bond acceptors (Lipinski definition) is 2. The van der Waals surface area contributed by atoms with Crippen molar-refractivity contribution in [1.82, 2.24) is 10.6 Å². The highest BCUT2D eigenvalue weighted by atomic mass is 16.5. The molecule has 112 valence electrons. The second-order valence-electron chi connectivity index (χ2n) is 5.27. The van der Waals surface area contributed by atoms with E-state index in [2.05, 4.69) is 48.5 Å². The SMILES string of the molecule is CN=C(NCCOc1ccc(C)cc1)NCCC(C)C. The molecule has 0 aliphatic heterocycles. The Morgan fingerprint density at radius 2 is 1.80 bits per heavy atom. The van der Waals surface area contributed by atoms with E-state index in [4.69, 9.17) is 4.74 Å². The number of benzene rings is 1. The molecular weight excluding hydrogens is 250 g/mol. The average molecular weight is 277 g/mol. The third-order valence-corrected chi connectivity index (χ3v) is 2.92. The number of rotatable bonds is 7. The number of nitrogens with zero attached hydrogens (tertiary/aromatic N) is 1. The lowest BCUT2D eigenvalue weighted by Crippen LogP contribution is -2.39. The zero-order valence-corrected chi connectivity index (χ0v) is 13.1. The van der Waals surface area contributed by atoms with E-state index in [1.807, 2.05) is 12.1 Å². The van der Waals surface area contributed by atoms with Crippen LogP contribution in [0.1, 0.15) is 25.8 Å². The van der Waals surface area contributed by atoms with Crippen molar-refractivity contribution in [3.05, 3.63) is 29.8 Å². The summed E-state index contributed by atoms with van der Waals surface area (Å²) in [4.78, 5) is 4.18. The van der Waals surface area contributed by atoms with E-state index in [1.165, 1.54) is 5.56 Å². The van der Waals surface area contributed by atoms with Crippen molar-refractivity contribution in [2.45, 2.75) is 27.2 Å². The fraction of sp³-hybridized carbons (Fsp3) is 0.562. The smallest absolute Gasteiger partial charge is 0.191 e. The van der Waals surface area contributed by atoms with Crippen LogP contribution in [-0.2, 0) is 0 Å². The van der Waals surface area contributed by atoms with Crippen molar-refractivity contribution in [3.63, 3.8) is 0 Å². The third-order valence-electron chi connectivity index (χ3n) is 2.92. The molecule has 0 amide bonds. The van der Waals surface area contributed by atoms with Crippen LogP contribution in [0.5, 0.6) is 5.75 Å². The molecule has 0 fully saturated rings. The van der Waals surface area contributed by atoms with Crippen molar-refractivity contribution >= 4 is 5.96 Å². The fourth-order valence-corrected chi connectivity index (χ4v) is 1.67. The molecule has 0 saturated heterocycles. The first kappa shape index (κ1) is 16.3. The van der Waals surface area contributed by atoms with Crippen molar-refractivity contribution < 1.29 is 4.74 Å². The quantitative estimate of drug-likeness (QED) is 0.457. The maximum absolute atomic E-state index is 5.65. The molecule has 0 aromatic heterocycles. The van der Waals surface area contributed by atoms with Gasteiger partial charge in [0.15, 0.2) is 5.96 Å². The van der Waals surface area contributed by atoms with Gasteiger partial charge in [0.2, 0.25) is 0 Å². The summed E-state index contributed by atoms with van der Waals surface area (Å²) in [5.74, 6) is 2.43. The number of nitrogens with one attached hydrogen (secondary N) is 2. The van der Waals surface area contributed by atoms with Crippen LogP contribution in [0.25, 0.3) is 0 Å². The fourth-order valence-electron chi connectivity index (χ4n) is 1.67. The molecule has 1 rings (SSSR count). The van der Waals surface area contributed by atoms with Gasteiger partial charge in [-0.1, -0.05) is 31.5 Å². The second-order valence-corrected chi connectivity index (χ2v) is 5.27. The van der Waals surface area contributed by atoms with Crippen LogP contribution in [0.15, 0.2) is 29.3 Å². The van der Waals surface area contributed by atoms with Crippen LogP contribution in [0.2, 0.25) is 0 Å². The molecule has 1 aromatic carbocycles. The Bertz CT molecular complexity index is 399. The van der Waals surface area contributed by atoms with Gasteiger partial charge < -0.3 is 15.4 Å². The lowest BCUT2D eigenvalue weighted by atomic mass is 10.1. The van der Waals surface area contributed by atoms with Gasteiger partial charge in [-0.25, -0.2) is 0 Å². The minimum absolute atomic E-state index is 0.619. The normalized spacial score (nSPS) is 11.6. The molecule has 0 radical (unpaired) electrons. The van der Waals surface area contributed by atoms with Crippen LogP contribution >= 0.6 is 0 Å². The van der Waals surface area contributed by atoms with E-state index in [1.54, 1.807) is 7.05 Å². The minimum Gasteiger partial charge on any atom is -0.492 e. The van der Waals surface area contributed by atoms with Crippen molar-refractivity contribution in [1.29, 1.82) is 0 Å². The Morgan fingerprint density at radius 1 is 1.15 bits per heavy atom. The molecule has 0 aliphatic carbocycles. The molecule has 0 spiro atoms. The van der Waals surface area contributed by atoms with Crippen LogP contribution in [0.4, 0.5) is 0 Å². The minimum atomic E-state index is 0.619. The van der Waals surface area contributed by atoms with Gasteiger partial charge in [-0.3, -0.25) is 4.99 Å². The third kappa shape index (κ3) is 7.02. The molecule has 4 heteroatoms. The Hall–Kier alpha value is -1.71. The molecule has 2 N–H and O–H groups in total. The summed E-state index contributed by atoms with van der Waals surface area (Å²) in [6.45, 7) is 8.79. The summed E-state index contributed by atoms with van der Waals surface area (Å²) in [5, 5.41) is 6.53. The zero-order chi connectivity index (χ0) is 14.8. The Kier molecular flexibility index (Phi) is 7.55. The number of ether oxygens (including phenoxy) is 1.